The van der Waals surface area contributed by atoms with Crippen LogP contribution in [0.4, 0.5) is 0 Å². The Bertz CT molecular complexity index is 498. The lowest BCUT2D eigenvalue weighted by Gasteiger charge is -2.30. The van der Waals surface area contributed by atoms with E-state index in [0.717, 1.165) is 31.7 Å². The first-order valence-electron chi connectivity index (χ1n) is 7.75. The molecule has 1 fully saturated rings. The van der Waals surface area contributed by atoms with Crippen LogP contribution >= 0.6 is 0 Å². The zero-order valence-corrected chi connectivity index (χ0v) is 12.2. The van der Waals surface area contributed by atoms with Crippen molar-refractivity contribution in [3.05, 3.63) is 29.3 Å². The summed E-state index contributed by atoms with van der Waals surface area (Å²) >= 11 is 0. The van der Waals surface area contributed by atoms with Gasteiger partial charge in [0, 0.05) is 13.1 Å². The Labute approximate surface area is 120 Å². The van der Waals surface area contributed by atoms with Gasteiger partial charge in [-0.15, -0.1) is 0 Å². The molecule has 1 amide bonds. The van der Waals surface area contributed by atoms with Crippen molar-refractivity contribution in [2.24, 2.45) is 5.92 Å². The van der Waals surface area contributed by atoms with Crippen molar-refractivity contribution in [1.29, 1.82) is 0 Å². The maximum Gasteiger partial charge on any atom is 0.260 e. The van der Waals surface area contributed by atoms with E-state index in [1.165, 1.54) is 30.4 Å². The summed E-state index contributed by atoms with van der Waals surface area (Å²) in [4.78, 5) is 14.1. The van der Waals surface area contributed by atoms with E-state index in [9.17, 15) is 4.79 Å². The lowest BCUT2D eigenvalue weighted by Crippen LogP contribution is -2.41. The lowest BCUT2D eigenvalue weighted by molar-refractivity contribution is -0.135. The summed E-state index contributed by atoms with van der Waals surface area (Å²) in [5.41, 5.74) is 2.83. The number of fused-ring (bicyclic) bond motifs is 1. The van der Waals surface area contributed by atoms with E-state index in [2.05, 4.69) is 19.1 Å². The Hall–Kier alpha value is -1.51. The molecule has 1 aliphatic carbocycles. The second kappa shape index (κ2) is 5.86. The molecule has 20 heavy (non-hydrogen) atoms. The van der Waals surface area contributed by atoms with Crippen molar-refractivity contribution in [2.45, 2.75) is 39.0 Å². The third-order valence-corrected chi connectivity index (χ3v) is 4.44. The van der Waals surface area contributed by atoms with Crippen LogP contribution in [0.3, 0.4) is 0 Å². The van der Waals surface area contributed by atoms with E-state index in [1.54, 1.807) is 0 Å². The highest BCUT2D eigenvalue weighted by atomic mass is 16.5. The molecule has 108 valence electrons. The third-order valence-electron chi connectivity index (χ3n) is 4.44. The molecule has 0 aromatic heterocycles. The Balaban J connectivity index is 1.55. The number of rotatable bonds is 3. The molecule has 0 unspecified atom stereocenters. The van der Waals surface area contributed by atoms with E-state index < -0.39 is 0 Å². The first-order valence-corrected chi connectivity index (χ1v) is 7.75. The maximum atomic E-state index is 12.2. The van der Waals surface area contributed by atoms with Gasteiger partial charge in [0.15, 0.2) is 6.61 Å². The van der Waals surface area contributed by atoms with Gasteiger partial charge in [-0.05, 0) is 61.3 Å². The monoisotopic (exact) mass is 273 g/mol. The van der Waals surface area contributed by atoms with Crippen LogP contribution in [-0.2, 0) is 17.6 Å². The number of piperidine rings is 1. The summed E-state index contributed by atoms with van der Waals surface area (Å²) in [6.07, 6.45) is 5.91. The first-order chi connectivity index (χ1) is 9.72. The molecule has 3 heteroatoms. The van der Waals surface area contributed by atoms with Crippen LogP contribution in [0.2, 0.25) is 0 Å². The molecule has 0 spiro atoms. The molecule has 1 aromatic carbocycles. The number of benzene rings is 1. The van der Waals surface area contributed by atoms with Gasteiger partial charge in [-0.3, -0.25) is 4.79 Å². The topological polar surface area (TPSA) is 29.5 Å². The number of hydrogen-bond acceptors (Lipinski definition) is 2. The molecule has 3 nitrogen and oxygen atoms in total. The van der Waals surface area contributed by atoms with Gasteiger partial charge >= 0.3 is 0 Å². The molecule has 0 bridgehead atoms. The fourth-order valence-electron chi connectivity index (χ4n) is 3.29. The number of aryl methyl sites for hydroxylation is 2. The average Bonchev–Trinajstić information content (AvgIpc) is 2.92. The number of ether oxygens (including phenoxy) is 1. The minimum atomic E-state index is 0.122. The van der Waals surface area contributed by atoms with Gasteiger partial charge in [0.25, 0.3) is 5.91 Å². The van der Waals surface area contributed by atoms with Crippen LogP contribution in [0.25, 0.3) is 0 Å². The number of amides is 1. The van der Waals surface area contributed by atoms with E-state index in [1.807, 2.05) is 11.0 Å². The average molecular weight is 273 g/mol. The van der Waals surface area contributed by atoms with Crippen molar-refractivity contribution < 1.29 is 9.53 Å². The summed E-state index contributed by atoms with van der Waals surface area (Å²) in [6, 6.07) is 6.25. The normalized spacial score (nSPS) is 21.6. The van der Waals surface area contributed by atoms with Crippen molar-refractivity contribution in [2.75, 3.05) is 19.7 Å². The van der Waals surface area contributed by atoms with Crippen LogP contribution in [0.15, 0.2) is 18.2 Å². The second-order valence-electron chi connectivity index (χ2n) is 6.16. The Kier molecular flexibility index (Phi) is 3.95. The highest BCUT2D eigenvalue weighted by molar-refractivity contribution is 5.77. The molecule has 1 aromatic rings. The van der Waals surface area contributed by atoms with Crippen LogP contribution in [-0.4, -0.2) is 30.5 Å². The van der Waals surface area contributed by atoms with Crippen molar-refractivity contribution >= 4 is 5.91 Å². The van der Waals surface area contributed by atoms with Crippen LogP contribution < -0.4 is 4.74 Å². The first kappa shape index (κ1) is 13.5. The zero-order chi connectivity index (χ0) is 13.9. The molecule has 1 saturated heterocycles. The molecule has 1 atom stereocenters. The highest BCUT2D eigenvalue weighted by Gasteiger charge is 2.21. The van der Waals surface area contributed by atoms with Crippen molar-refractivity contribution in [1.82, 2.24) is 4.90 Å². The molecular weight excluding hydrogens is 250 g/mol. The molecule has 1 heterocycles. The summed E-state index contributed by atoms with van der Waals surface area (Å²) in [7, 11) is 0. The second-order valence-corrected chi connectivity index (χ2v) is 6.16. The summed E-state index contributed by atoms with van der Waals surface area (Å²) in [5.74, 6) is 1.58. The van der Waals surface area contributed by atoms with Gasteiger partial charge in [0.05, 0.1) is 0 Å². The quantitative estimate of drug-likeness (QED) is 0.847. The molecule has 0 radical (unpaired) electrons. The molecule has 0 N–H and O–H groups in total. The van der Waals surface area contributed by atoms with Gasteiger partial charge in [-0.25, -0.2) is 0 Å². The van der Waals surface area contributed by atoms with E-state index in [4.69, 9.17) is 4.74 Å². The third kappa shape index (κ3) is 2.97. The maximum absolute atomic E-state index is 12.2. The molecule has 2 aliphatic rings. The van der Waals surface area contributed by atoms with Gasteiger partial charge < -0.3 is 9.64 Å². The summed E-state index contributed by atoms with van der Waals surface area (Å²) < 4.78 is 5.69. The van der Waals surface area contributed by atoms with E-state index in [0.29, 0.717) is 5.92 Å². The zero-order valence-electron chi connectivity index (χ0n) is 12.2. The molecule has 3 rings (SSSR count). The van der Waals surface area contributed by atoms with Gasteiger partial charge in [0.1, 0.15) is 5.75 Å². The number of hydrogen-bond donors (Lipinski definition) is 0. The predicted molar refractivity (Wildman–Crippen MR) is 78.9 cm³/mol. The fourth-order valence-corrected chi connectivity index (χ4v) is 3.29. The molecule has 0 saturated carbocycles. The van der Waals surface area contributed by atoms with E-state index >= 15 is 0 Å². The van der Waals surface area contributed by atoms with Crippen LogP contribution in [0.5, 0.6) is 5.75 Å². The lowest BCUT2D eigenvalue weighted by atomic mass is 10.0. The van der Waals surface area contributed by atoms with E-state index in [-0.39, 0.29) is 12.5 Å². The SMILES string of the molecule is C[C@@H]1CCCN(C(=O)COc2ccc3c(c2)CCC3)C1. The summed E-state index contributed by atoms with van der Waals surface area (Å²) in [6.45, 7) is 4.15. The van der Waals surface area contributed by atoms with Gasteiger partial charge in [-0.1, -0.05) is 13.0 Å². The highest BCUT2D eigenvalue weighted by Crippen LogP contribution is 2.26. The Morgan fingerprint density at radius 2 is 2.15 bits per heavy atom. The number of nitrogens with zero attached hydrogens (tertiary/aromatic N) is 1. The number of carbonyl (C=O) groups is 1. The van der Waals surface area contributed by atoms with Crippen LogP contribution in [0.1, 0.15) is 37.3 Å². The van der Waals surface area contributed by atoms with Crippen molar-refractivity contribution in [3.8, 4) is 5.75 Å². The minimum Gasteiger partial charge on any atom is -0.484 e. The fraction of sp³-hybridized carbons (Fsp3) is 0.588. The van der Waals surface area contributed by atoms with Gasteiger partial charge in [-0.2, -0.15) is 0 Å². The predicted octanol–water partition coefficient (Wildman–Crippen LogP) is 2.81. The summed E-state index contributed by atoms with van der Waals surface area (Å²) in [5, 5.41) is 0. The smallest absolute Gasteiger partial charge is 0.260 e. The van der Waals surface area contributed by atoms with Gasteiger partial charge in [0.2, 0.25) is 0 Å². The standard InChI is InChI=1S/C17H23NO2/c1-13-4-3-9-18(11-13)17(19)12-20-16-8-7-14-5-2-6-15(14)10-16/h7-8,10,13H,2-6,9,11-12H2,1H3/t13-/m1/s1. The Morgan fingerprint density at radius 3 is 3.00 bits per heavy atom. The Morgan fingerprint density at radius 1 is 1.30 bits per heavy atom. The minimum absolute atomic E-state index is 0.122. The van der Waals surface area contributed by atoms with Crippen LogP contribution in [0, 0.1) is 5.92 Å². The number of carbonyl (C=O) groups excluding carboxylic acids is 1. The van der Waals surface area contributed by atoms with Crippen molar-refractivity contribution in [3.63, 3.8) is 0 Å². The number of likely N-dealkylation sites (tertiary alicyclic amines) is 1. The largest absolute Gasteiger partial charge is 0.484 e. The molecule has 1 aliphatic heterocycles. The molecular formula is C17H23NO2.